The van der Waals surface area contributed by atoms with Crippen LogP contribution >= 0.6 is 0 Å². The molecule has 0 aliphatic rings. The summed E-state index contributed by atoms with van der Waals surface area (Å²) in [6, 6.07) is 1.49. The van der Waals surface area contributed by atoms with E-state index in [4.69, 9.17) is 5.26 Å². The average Bonchev–Trinajstić information content (AvgIpc) is 2.03. The standard InChI is InChI=1S/C7H15N3O3S/c1-7(3-4-8)10-14(11,12)9-5-6-13-2/h7,9-10H,3,5-6H2,1-2H3. The second-order valence-electron chi connectivity index (χ2n) is 2.77. The van der Waals surface area contributed by atoms with Crippen LogP contribution in [0.1, 0.15) is 13.3 Å². The molecule has 0 aliphatic carbocycles. The fourth-order valence-electron chi connectivity index (χ4n) is 0.763. The van der Waals surface area contributed by atoms with Crippen LogP contribution in [0.2, 0.25) is 0 Å². The number of hydrogen-bond acceptors (Lipinski definition) is 4. The molecule has 7 heteroatoms. The van der Waals surface area contributed by atoms with Crippen LogP contribution in [0.25, 0.3) is 0 Å². The van der Waals surface area contributed by atoms with Gasteiger partial charge >= 0.3 is 0 Å². The topological polar surface area (TPSA) is 91.2 Å². The largest absolute Gasteiger partial charge is 0.383 e. The summed E-state index contributed by atoms with van der Waals surface area (Å²) in [6.45, 7) is 2.15. The Balaban J connectivity index is 3.90. The molecule has 0 heterocycles. The number of nitriles is 1. The van der Waals surface area contributed by atoms with E-state index in [9.17, 15) is 8.42 Å². The lowest BCUT2D eigenvalue weighted by Crippen LogP contribution is -2.42. The van der Waals surface area contributed by atoms with E-state index in [-0.39, 0.29) is 19.0 Å². The fraction of sp³-hybridized carbons (Fsp3) is 0.857. The molecule has 0 fully saturated rings. The summed E-state index contributed by atoms with van der Waals surface area (Å²) >= 11 is 0. The first-order valence-electron chi connectivity index (χ1n) is 4.14. The molecule has 1 unspecified atom stereocenters. The molecule has 2 N–H and O–H groups in total. The normalized spacial score (nSPS) is 13.5. The van der Waals surface area contributed by atoms with Gasteiger partial charge in [-0.05, 0) is 6.92 Å². The number of rotatable bonds is 7. The van der Waals surface area contributed by atoms with E-state index >= 15 is 0 Å². The molecule has 0 bridgehead atoms. The third-order valence-corrected chi connectivity index (χ3v) is 2.65. The van der Waals surface area contributed by atoms with Gasteiger partial charge in [-0.15, -0.1) is 0 Å². The molecular weight excluding hydrogens is 206 g/mol. The number of nitrogens with zero attached hydrogens (tertiary/aromatic N) is 1. The van der Waals surface area contributed by atoms with E-state index in [1.165, 1.54) is 7.11 Å². The first-order valence-corrected chi connectivity index (χ1v) is 5.63. The van der Waals surface area contributed by atoms with Crippen LogP contribution in [0.15, 0.2) is 0 Å². The average molecular weight is 221 g/mol. The zero-order valence-corrected chi connectivity index (χ0v) is 9.10. The monoisotopic (exact) mass is 221 g/mol. The maximum Gasteiger partial charge on any atom is 0.277 e. The van der Waals surface area contributed by atoms with Crippen LogP contribution in [-0.2, 0) is 14.9 Å². The molecule has 82 valence electrons. The summed E-state index contributed by atoms with van der Waals surface area (Å²) in [5, 5.41) is 8.32. The predicted octanol–water partition coefficient (Wildman–Crippen LogP) is -0.641. The van der Waals surface area contributed by atoms with Crippen LogP contribution in [0.4, 0.5) is 0 Å². The van der Waals surface area contributed by atoms with Crippen LogP contribution in [0, 0.1) is 11.3 Å². The molecule has 0 aromatic carbocycles. The van der Waals surface area contributed by atoms with E-state index < -0.39 is 10.2 Å². The summed E-state index contributed by atoms with van der Waals surface area (Å²) in [5.74, 6) is 0. The molecule has 6 nitrogen and oxygen atoms in total. The lowest BCUT2D eigenvalue weighted by molar-refractivity contribution is 0.204. The Bertz CT molecular complexity index is 283. The van der Waals surface area contributed by atoms with Gasteiger partial charge in [0.2, 0.25) is 0 Å². The summed E-state index contributed by atoms with van der Waals surface area (Å²) in [6.07, 6.45) is 0.144. The van der Waals surface area contributed by atoms with Crippen molar-refractivity contribution in [3.8, 4) is 6.07 Å². The van der Waals surface area contributed by atoms with E-state index in [1.807, 2.05) is 6.07 Å². The van der Waals surface area contributed by atoms with Crippen molar-refractivity contribution >= 4 is 10.2 Å². The lowest BCUT2D eigenvalue weighted by atomic mass is 10.3. The Labute approximate surface area is 84.4 Å². The molecule has 0 aromatic heterocycles. The molecular formula is C7H15N3O3S. The Kier molecular flexibility index (Phi) is 6.40. The molecule has 0 saturated heterocycles. The number of methoxy groups -OCH3 is 1. The quantitative estimate of drug-likeness (QED) is 0.559. The zero-order chi connectivity index (χ0) is 11.0. The predicted molar refractivity (Wildman–Crippen MR) is 51.6 cm³/mol. The van der Waals surface area contributed by atoms with E-state index in [0.717, 1.165) is 0 Å². The van der Waals surface area contributed by atoms with Crippen molar-refractivity contribution in [2.45, 2.75) is 19.4 Å². The third kappa shape index (κ3) is 6.80. The van der Waals surface area contributed by atoms with Gasteiger partial charge in [0.15, 0.2) is 0 Å². The summed E-state index contributed by atoms with van der Waals surface area (Å²) in [4.78, 5) is 0. The lowest BCUT2D eigenvalue weighted by Gasteiger charge is -2.11. The van der Waals surface area contributed by atoms with Crippen molar-refractivity contribution < 1.29 is 13.2 Å². The Morgan fingerprint density at radius 2 is 2.21 bits per heavy atom. The molecule has 0 saturated carbocycles. The van der Waals surface area contributed by atoms with Crippen LogP contribution < -0.4 is 9.44 Å². The SMILES string of the molecule is COCCNS(=O)(=O)NC(C)CC#N. The van der Waals surface area contributed by atoms with Crippen LogP contribution in [-0.4, -0.2) is 34.7 Å². The van der Waals surface area contributed by atoms with E-state index in [2.05, 4.69) is 14.2 Å². The highest BCUT2D eigenvalue weighted by Gasteiger charge is 2.12. The maximum absolute atomic E-state index is 11.2. The van der Waals surface area contributed by atoms with Crippen molar-refractivity contribution in [3.63, 3.8) is 0 Å². The zero-order valence-electron chi connectivity index (χ0n) is 8.28. The maximum atomic E-state index is 11.2. The second kappa shape index (κ2) is 6.73. The van der Waals surface area contributed by atoms with Crippen molar-refractivity contribution in [1.29, 1.82) is 5.26 Å². The molecule has 0 radical (unpaired) electrons. The van der Waals surface area contributed by atoms with Gasteiger partial charge in [-0.1, -0.05) is 0 Å². The minimum absolute atomic E-state index is 0.144. The molecule has 14 heavy (non-hydrogen) atoms. The fourth-order valence-corrected chi connectivity index (χ4v) is 1.81. The number of ether oxygens (including phenoxy) is 1. The minimum Gasteiger partial charge on any atom is -0.383 e. The Hall–Kier alpha value is -0.680. The highest BCUT2D eigenvalue weighted by Crippen LogP contribution is 1.90. The highest BCUT2D eigenvalue weighted by atomic mass is 32.2. The number of hydrogen-bond donors (Lipinski definition) is 2. The van der Waals surface area contributed by atoms with Crippen molar-refractivity contribution in [3.05, 3.63) is 0 Å². The van der Waals surface area contributed by atoms with Gasteiger partial charge in [-0.25, -0.2) is 0 Å². The van der Waals surface area contributed by atoms with Gasteiger partial charge in [-0.3, -0.25) is 0 Å². The van der Waals surface area contributed by atoms with Gasteiger partial charge in [-0.2, -0.15) is 23.1 Å². The van der Waals surface area contributed by atoms with Crippen LogP contribution in [0.3, 0.4) is 0 Å². The summed E-state index contributed by atoms with van der Waals surface area (Å²) in [5.41, 5.74) is 0. The first-order chi connectivity index (χ1) is 6.52. The van der Waals surface area contributed by atoms with E-state index in [1.54, 1.807) is 6.92 Å². The molecule has 0 aromatic rings. The molecule has 0 aliphatic heterocycles. The van der Waals surface area contributed by atoms with Gasteiger partial charge in [0, 0.05) is 19.7 Å². The van der Waals surface area contributed by atoms with Gasteiger partial charge in [0.05, 0.1) is 19.1 Å². The van der Waals surface area contributed by atoms with Gasteiger partial charge in [0.1, 0.15) is 0 Å². The summed E-state index contributed by atoms with van der Waals surface area (Å²) < 4.78 is 31.7. The second-order valence-corrected chi connectivity index (χ2v) is 4.30. The smallest absolute Gasteiger partial charge is 0.277 e. The van der Waals surface area contributed by atoms with Crippen LogP contribution in [0.5, 0.6) is 0 Å². The number of nitrogens with one attached hydrogen (secondary N) is 2. The molecule has 1 atom stereocenters. The molecule has 0 amide bonds. The van der Waals surface area contributed by atoms with Crippen molar-refractivity contribution in [2.24, 2.45) is 0 Å². The molecule has 0 rings (SSSR count). The van der Waals surface area contributed by atoms with Gasteiger partial charge in [0.25, 0.3) is 10.2 Å². The molecule has 0 spiro atoms. The first kappa shape index (κ1) is 13.3. The van der Waals surface area contributed by atoms with Crippen molar-refractivity contribution in [2.75, 3.05) is 20.3 Å². The van der Waals surface area contributed by atoms with Crippen molar-refractivity contribution in [1.82, 2.24) is 9.44 Å². The Morgan fingerprint density at radius 3 is 2.71 bits per heavy atom. The third-order valence-electron chi connectivity index (χ3n) is 1.35. The minimum atomic E-state index is -3.51. The summed E-state index contributed by atoms with van der Waals surface area (Å²) in [7, 11) is -2.02. The highest BCUT2D eigenvalue weighted by molar-refractivity contribution is 7.87. The Morgan fingerprint density at radius 1 is 1.57 bits per heavy atom. The van der Waals surface area contributed by atoms with Gasteiger partial charge < -0.3 is 4.74 Å². The van der Waals surface area contributed by atoms with E-state index in [0.29, 0.717) is 6.61 Å².